The number of carbonyl (C=O) groups excluding carboxylic acids is 1. The number of nitrogens with one attached hydrogen (secondary N) is 1. The molecule has 0 radical (unpaired) electrons. The lowest BCUT2D eigenvalue weighted by Gasteiger charge is -2.29. The second kappa shape index (κ2) is 8.71. The lowest BCUT2D eigenvalue weighted by atomic mass is 9.94. The molecule has 2 unspecified atom stereocenters. The normalized spacial score (nSPS) is 22.6. The van der Waals surface area contributed by atoms with Crippen LogP contribution in [0, 0.1) is 5.92 Å². The minimum atomic E-state index is -0.565. The summed E-state index contributed by atoms with van der Waals surface area (Å²) in [5.74, 6) is 0.553. The molecule has 1 fully saturated rings. The van der Waals surface area contributed by atoms with Crippen molar-refractivity contribution in [3.8, 4) is 0 Å². The summed E-state index contributed by atoms with van der Waals surface area (Å²) in [6, 6.07) is 0. The monoisotopic (exact) mass is 298 g/mol. The number of hydrogen-bond acceptors (Lipinski definition) is 4. The number of nitrogens with two attached hydrogens (primary N) is 1. The van der Waals surface area contributed by atoms with Crippen LogP contribution in [-0.4, -0.2) is 68.1 Å². The van der Waals surface area contributed by atoms with Crippen LogP contribution >= 0.6 is 0 Å². The summed E-state index contributed by atoms with van der Waals surface area (Å²) in [4.78, 5) is 16.5. The van der Waals surface area contributed by atoms with Crippen LogP contribution in [-0.2, 0) is 4.79 Å². The smallest absolute Gasteiger partial charge is 0.237 e. The molecule has 5 nitrogen and oxygen atoms in total. The van der Waals surface area contributed by atoms with Crippen LogP contribution in [0.4, 0.5) is 0 Å². The van der Waals surface area contributed by atoms with Gasteiger partial charge in [-0.2, -0.15) is 0 Å². The van der Waals surface area contributed by atoms with E-state index in [9.17, 15) is 4.79 Å². The SMILES string of the molecule is CCCNC(C)(CCCN(C)CC1CCN(C)C1)C(N)=O. The Morgan fingerprint density at radius 2 is 2.24 bits per heavy atom. The van der Waals surface area contributed by atoms with Crippen LogP contribution in [0.2, 0.25) is 0 Å². The highest BCUT2D eigenvalue weighted by Crippen LogP contribution is 2.16. The summed E-state index contributed by atoms with van der Waals surface area (Å²) in [6.45, 7) is 9.47. The van der Waals surface area contributed by atoms with Gasteiger partial charge in [-0.05, 0) is 72.3 Å². The van der Waals surface area contributed by atoms with Crippen molar-refractivity contribution in [2.24, 2.45) is 11.7 Å². The minimum absolute atomic E-state index is 0.240. The number of rotatable bonds is 10. The molecule has 1 amide bonds. The predicted molar refractivity (Wildman–Crippen MR) is 88.2 cm³/mol. The summed E-state index contributed by atoms with van der Waals surface area (Å²) in [5, 5.41) is 3.30. The third-order valence-corrected chi connectivity index (χ3v) is 4.58. The first-order chi connectivity index (χ1) is 9.87. The van der Waals surface area contributed by atoms with Gasteiger partial charge in [0.2, 0.25) is 5.91 Å². The maximum Gasteiger partial charge on any atom is 0.237 e. The number of hydrogen-bond donors (Lipinski definition) is 2. The van der Waals surface area contributed by atoms with Gasteiger partial charge in [0.25, 0.3) is 0 Å². The van der Waals surface area contributed by atoms with Gasteiger partial charge in [-0.1, -0.05) is 6.92 Å². The summed E-state index contributed by atoms with van der Waals surface area (Å²) in [6.07, 6.45) is 4.11. The van der Waals surface area contributed by atoms with Crippen LogP contribution in [0.5, 0.6) is 0 Å². The van der Waals surface area contributed by atoms with Gasteiger partial charge in [-0.25, -0.2) is 0 Å². The third-order valence-electron chi connectivity index (χ3n) is 4.58. The van der Waals surface area contributed by atoms with E-state index in [4.69, 9.17) is 5.73 Å². The average molecular weight is 298 g/mol. The molecule has 5 heteroatoms. The van der Waals surface area contributed by atoms with Crippen LogP contribution in [0.3, 0.4) is 0 Å². The van der Waals surface area contributed by atoms with Crippen molar-refractivity contribution < 1.29 is 4.79 Å². The molecule has 124 valence electrons. The first-order valence-electron chi connectivity index (χ1n) is 8.29. The van der Waals surface area contributed by atoms with E-state index < -0.39 is 5.54 Å². The maximum atomic E-state index is 11.7. The number of nitrogens with zero attached hydrogens (tertiary/aromatic N) is 2. The minimum Gasteiger partial charge on any atom is -0.368 e. The highest BCUT2D eigenvalue weighted by Gasteiger charge is 2.29. The summed E-state index contributed by atoms with van der Waals surface area (Å²) in [7, 11) is 4.37. The molecule has 1 rings (SSSR count). The number of amides is 1. The molecule has 1 aliphatic heterocycles. The Morgan fingerprint density at radius 1 is 1.52 bits per heavy atom. The molecule has 1 heterocycles. The van der Waals surface area contributed by atoms with E-state index in [1.807, 2.05) is 6.92 Å². The van der Waals surface area contributed by atoms with Crippen molar-refractivity contribution in [1.29, 1.82) is 0 Å². The number of likely N-dealkylation sites (tertiary alicyclic amines) is 1. The Bertz CT molecular complexity index is 323. The molecule has 1 aliphatic rings. The summed E-state index contributed by atoms with van der Waals surface area (Å²) >= 11 is 0. The van der Waals surface area contributed by atoms with Gasteiger partial charge in [0.1, 0.15) is 0 Å². The van der Waals surface area contributed by atoms with E-state index in [1.165, 1.54) is 19.5 Å². The van der Waals surface area contributed by atoms with E-state index in [2.05, 4.69) is 36.1 Å². The van der Waals surface area contributed by atoms with Crippen molar-refractivity contribution in [2.45, 2.75) is 45.1 Å². The lowest BCUT2D eigenvalue weighted by Crippen LogP contribution is -2.53. The zero-order chi connectivity index (χ0) is 15.9. The fraction of sp³-hybridized carbons (Fsp3) is 0.938. The molecule has 21 heavy (non-hydrogen) atoms. The van der Waals surface area contributed by atoms with Crippen molar-refractivity contribution in [3.05, 3.63) is 0 Å². The molecule has 2 atom stereocenters. The molecule has 3 N–H and O–H groups in total. The highest BCUT2D eigenvalue weighted by molar-refractivity contribution is 5.84. The average Bonchev–Trinajstić information content (AvgIpc) is 2.81. The van der Waals surface area contributed by atoms with Crippen LogP contribution in [0.25, 0.3) is 0 Å². The van der Waals surface area contributed by atoms with Crippen LogP contribution in [0.1, 0.15) is 39.5 Å². The number of primary amides is 1. The Hall–Kier alpha value is -0.650. The Morgan fingerprint density at radius 3 is 2.76 bits per heavy atom. The third kappa shape index (κ3) is 6.32. The van der Waals surface area contributed by atoms with E-state index in [0.29, 0.717) is 0 Å². The summed E-state index contributed by atoms with van der Waals surface area (Å²) < 4.78 is 0. The zero-order valence-electron chi connectivity index (χ0n) is 14.3. The van der Waals surface area contributed by atoms with Crippen molar-refractivity contribution in [1.82, 2.24) is 15.1 Å². The molecule has 0 spiro atoms. The van der Waals surface area contributed by atoms with Gasteiger partial charge in [-0.3, -0.25) is 4.79 Å². The van der Waals surface area contributed by atoms with Gasteiger partial charge in [0.15, 0.2) is 0 Å². The molecule has 1 saturated heterocycles. The van der Waals surface area contributed by atoms with Crippen molar-refractivity contribution in [2.75, 3.05) is 46.8 Å². The quantitative estimate of drug-likeness (QED) is 0.629. The molecule has 0 aromatic rings. The topological polar surface area (TPSA) is 61.6 Å². The zero-order valence-corrected chi connectivity index (χ0v) is 14.3. The standard InChI is InChI=1S/C16H34N4O/c1-5-9-18-16(2,15(17)21)8-6-10-19(3)12-14-7-11-20(4)13-14/h14,18H,5-13H2,1-4H3,(H2,17,21). The van der Waals surface area contributed by atoms with E-state index >= 15 is 0 Å². The van der Waals surface area contributed by atoms with Crippen LogP contribution in [0.15, 0.2) is 0 Å². The first kappa shape index (κ1) is 18.4. The Labute approximate surface area is 130 Å². The molecular formula is C16H34N4O. The predicted octanol–water partition coefficient (Wildman–Crippen LogP) is 0.894. The fourth-order valence-electron chi connectivity index (χ4n) is 3.11. The van der Waals surface area contributed by atoms with Crippen LogP contribution < -0.4 is 11.1 Å². The highest BCUT2D eigenvalue weighted by atomic mass is 16.1. The first-order valence-corrected chi connectivity index (χ1v) is 8.29. The van der Waals surface area contributed by atoms with E-state index in [1.54, 1.807) is 0 Å². The molecule has 0 aromatic heterocycles. The second-order valence-corrected chi connectivity index (χ2v) is 6.91. The largest absolute Gasteiger partial charge is 0.368 e. The lowest BCUT2D eigenvalue weighted by molar-refractivity contribution is -0.124. The Balaban J connectivity index is 2.27. The molecule has 0 aromatic carbocycles. The fourth-order valence-corrected chi connectivity index (χ4v) is 3.11. The maximum absolute atomic E-state index is 11.7. The molecular weight excluding hydrogens is 264 g/mol. The van der Waals surface area contributed by atoms with Crippen molar-refractivity contribution >= 4 is 5.91 Å². The van der Waals surface area contributed by atoms with Gasteiger partial charge in [0, 0.05) is 13.1 Å². The van der Waals surface area contributed by atoms with Gasteiger partial charge in [-0.15, -0.1) is 0 Å². The van der Waals surface area contributed by atoms with E-state index in [0.717, 1.165) is 44.8 Å². The van der Waals surface area contributed by atoms with Gasteiger partial charge >= 0.3 is 0 Å². The Kier molecular flexibility index (Phi) is 7.63. The molecule has 0 aliphatic carbocycles. The van der Waals surface area contributed by atoms with Gasteiger partial charge < -0.3 is 20.9 Å². The number of carbonyl (C=O) groups is 1. The molecule has 0 bridgehead atoms. The van der Waals surface area contributed by atoms with E-state index in [-0.39, 0.29) is 5.91 Å². The van der Waals surface area contributed by atoms with Gasteiger partial charge in [0.05, 0.1) is 5.54 Å². The molecule has 0 saturated carbocycles. The second-order valence-electron chi connectivity index (χ2n) is 6.91. The summed E-state index contributed by atoms with van der Waals surface area (Å²) in [5.41, 5.74) is 4.99. The van der Waals surface area contributed by atoms with Crippen molar-refractivity contribution in [3.63, 3.8) is 0 Å².